The van der Waals surface area contributed by atoms with Crippen LogP contribution in [0.4, 0.5) is 0 Å². The van der Waals surface area contributed by atoms with Crippen LogP contribution in [0, 0.1) is 6.07 Å². The fourth-order valence-corrected chi connectivity index (χ4v) is 6.58. The molecule has 0 saturated carbocycles. The van der Waals surface area contributed by atoms with Crippen LogP contribution in [-0.4, -0.2) is 19.6 Å². The summed E-state index contributed by atoms with van der Waals surface area (Å²) in [5.41, 5.74) is 8.70. The molecule has 0 fully saturated rings. The average molecular weight is 826 g/mol. The van der Waals surface area contributed by atoms with Crippen LogP contribution in [-0.2, 0) is 21.1 Å². The summed E-state index contributed by atoms with van der Waals surface area (Å²) in [5.74, 6) is 1.74. The predicted octanol–water partition coefficient (Wildman–Crippen LogP) is 11.0. The molecule has 9 aromatic rings. The third kappa shape index (κ3) is 5.62. The van der Waals surface area contributed by atoms with Gasteiger partial charge >= 0.3 is 0 Å². The minimum Gasteiger partial charge on any atom is -0.506 e. The number of hydrogen-bond acceptors (Lipinski definition) is 4. The molecule has 0 aliphatic carbocycles. The zero-order valence-electron chi connectivity index (χ0n) is 26.6. The van der Waals surface area contributed by atoms with Crippen LogP contribution in [0.25, 0.3) is 71.9 Å². The van der Waals surface area contributed by atoms with Crippen LogP contribution in [0.3, 0.4) is 0 Å². The molecule has 50 heavy (non-hydrogen) atoms. The van der Waals surface area contributed by atoms with E-state index in [0.29, 0.717) is 17.1 Å². The van der Waals surface area contributed by atoms with Crippen LogP contribution in [0.5, 0.6) is 17.4 Å². The van der Waals surface area contributed by atoms with Crippen molar-refractivity contribution in [3.8, 4) is 56.6 Å². The van der Waals surface area contributed by atoms with Crippen molar-refractivity contribution in [3.05, 3.63) is 170 Å². The monoisotopic (exact) mass is 825 g/mol. The SMILES string of the molecule is Oc1cccc2c(-c3ccccc3)cc(Oc3[c-]c4c(cc3)c3cc(-c5ccccc5)ccc3n4-c3ccc(-c4ccccc4)cn3)nc12.[Pt]. The summed E-state index contributed by atoms with van der Waals surface area (Å²) < 4.78 is 8.59. The minimum atomic E-state index is 0. The van der Waals surface area contributed by atoms with Gasteiger partial charge in [-0.05, 0) is 57.5 Å². The molecular formula is C44H28N3O2Pt-. The molecular weight excluding hydrogens is 798 g/mol. The molecule has 6 heteroatoms. The Labute approximate surface area is 303 Å². The van der Waals surface area contributed by atoms with E-state index >= 15 is 0 Å². The summed E-state index contributed by atoms with van der Waals surface area (Å²) in [6.07, 6.45) is 1.91. The largest absolute Gasteiger partial charge is 0.506 e. The quantitative estimate of drug-likeness (QED) is 0.170. The standard InChI is InChI=1S/C44H28N3O2.Pt/c48-41-18-10-17-36-37(31-15-8-3-9-16-31)27-43(46-44(36)41)49-34-21-22-35-38-25-32(29-11-4-1-5-12-29)19-23-39(38)47(40(35)26-34)42-24-20-33(28-45-42)30-13-6-2-7-14-30;/h1-25,27-28,48H;/q-1;. The number of phenols is 1. The first kappa shape index (κ1) is 31.2. The summed E-state index contributed by atoms with van der Waals surface area (Å²) >= 11 is 0. The van der Waals surface area contributed by atoms with Crippen LogP contribution in [0.2, 0.25) is 0 Å². The van der Waals surface area contributed by atoms with Gasteiger partial charge in [0.1, 0.15) is 17.1 Å². The molecule has 0 bridgehead atoms. The van der Waals surface area contributed by atoms with Crippen LogP contribution < -0.4 is 4.74 Å². The van der Waals surface area contributed by atoms with Crippen molar-refractivity contribution in [2.24, 2.45) is 0 Å². The number of aromatic nitrogens is 3. The zero-order chi connectivity index (χ0) is 32.7. The van der Waals surface area contributed by atoms with Crippen molar-refractivity contribution in [1.29, 1.82) is 0 Å². The summed E-state index contributed by atoms with van der Waals surface area (Å²) in [6, 6.07) is 56.3. The minimum absolute atomic E-state index is 0. The van der Waals surface area contributed by atoms with Crippen molar-refractivity contribution in [2.45, 2.75) is 0 Å². The molecule has 0 aliphatic heterocycles. The molecule has 0 atom stereocenters. The molecule has 3 heterocycles. The number of pyridine rings is 2. The Morgan fingerprint density at radius 3 is 1.94 bits per heavy atom. The van der Waals surface area contributed by atoms with E-state index in [0.717, 1.165) is 66.4 Å². The van der Waals surface area contributed by atoms with Crippen molar-refractivity contribution < 1.29 is 30.9 Å². The van der Waals surface area contributed by atoms with Gasteiger partial charge in [0.05, 0.1) is 0 Å². The van der Waals surface area contributed by atoms with E-state index in [1.165, 1.54) is 0 Å². The number of rotatable bonds is 6. The van der Waals surface area contributed by atoms with Crippen molar-refractivity contribution >= 4 is 32.7 Å². The molecule has 0 unspecified atom stereocenters. The Hall–Kier alpha value is -6.03. The number of nitrogens with zero attached hydrogens (tertiary/aromatic N) is 3. The van der Waals surface area contributed by atoms with E-state index < -0.39 is 0 Å². The van der Waals surface area contributed by atoms with Crippen molar-refractivity contribution in [2.75, 3.05) is 0 Å². The Balaban J connectivity index is 0.00000361. The first-order chi connectivity index (χ1) is 24.2. The Kier molecular flexibility index (Phi) is 8.20. The van der Waals surface area contributed by atoms with Crippen LogP contribution in [0.15, 0.2) is 164 Å². The van der Waals surface area contributed by atoms with Gasteiger partial charge in [0, 0.05) is 55.5 Å². The molecule has 6 aromatic carbocycles. The fourth-order valence-electron chi connectivity index (χ4n) is 6.58. The van der Waals surface area contributed by atoms with E-state index in [2.05, 4.69) is 77.4 Å². The number of aromatic hydroxyl groups is 1. The van der Waals surface area contributed by atoms with Crippen molar-refractivity contribution in [1.82, 2.24) is 14.5 Å². The average Bonchev–Trinajstić information content (AvgIpc) is 3.49. The number of hydrogen-bond donors (Lipinski definition) is 1. The summed E-state index contributed by atoms with van der Waals surface area (Å²) in [6.45, 7) is 0. The van der Waals surface area contributed by atoms with Gasteiger partial charge in [-0.2, -0.15) is 6.07 Å². The van der Waals surface area contributed by atoms with Gasteiger partial charge in [-0.15, -0.1) is 17.5 Å². The summed E-state index contributed by atoms with van der Waals surface area (Å²) in [7, 11) is 0. The number of phenolic OH excluding ortho intramolecular Hbond substituents is 1. The maximum Gasteiger partial charge on any atom is 0.217 e. The third-order valence-electron chi connectivity index (χ3n) is 8.93. The van der Waals surface area contributed by atoms with E-state index in [4.69, 9.17) is 14.7 Å². The second kappa shape index (κ2) is 13.1. The first-order valence-electron chi connectivity index (χ1n) is 16.1. The fraction of sp³-hybridized carbons (Fsp3) is 0. The Bertz CT molecular complexity index is 2620. The molecule has 5 nitrogen and oxygen atoms in total. The molecule has 0 spiro atoms. The van der Waals surface area contributed by atoms with E-state index in [1.54, 1.807) is 6.07 Å². The third-order valence-corrected chi connectivity index (χ3v) is 8.93. The van der Waals surface area contributed by atoms with E-state index in [9.17, 15) is 5.11 Å². The number of ether oxygens (including phenoxy) is 1. The van der Waals surface area contributed by atoms with Gasteiger partial charge in [-0.1, -0.05) is 121 Å². The van der Waals surface area contributed by atoms with Crippen LogP contribution >= 0.6 is 0 Å². The van der Waals surface area contributed by atoms with Gasteiger partial charge in [-0.25, -0.2) is 9.97 Å². The summed E-state index contributed by atoms with van der Waals surface area (Å²) in [4.78, 5) is 9.68. The van der Waals surface area contributed by atoms with Gasteiger partial charge in [0.2, 0.25) is 5.88 Å². The molecule has 1 N–H and O–H groups in total. The number of para-hydroxylation sites is 1. The topological polar surface area (TPSA) is 60.2 Å². The smallest absolute Gasteiger partial charge is 0.217 e. The molecule has 9 rings (SSSR count). The molecule has 3 aromatic heterocycles. The summed E-state index contributed by atoms with van der Waals surface area (Å²) in [5, 5.41) is 13.7. The normalized spacial score (nSPS) is 11.1. The second-order valence-electron chi connectivity index (χ2n) is 11.9. The molecule has 242 valence electrons. The molecule has 0 amide bonds. The van der Waals surface area contributed by atoms with Gasteiger partial charge < -0.3 is 14.4 Å². The maximum absolute atomic E-state index is 10.8. The molecule has 0 radical (unpaired) electrons. The number of fused-ring (bicyclic) bond motifs is 4. The number of benzene rings is 6. The van der Waals surface area contributed by atoms with Crippen molar-refractivity contribution in [3.63, 3.8) is 0 Å². The second-order valence-corrected chi connectivity index (χ2v) is 11.9. The maximum atomic E-state index is 10.8. The molecule has 0 aliphatic rings. The molecule has 0 saturated heterocycles. The zero-order valence-corrected chi connectivity index (χ0v) is 28.9. The predicted molar refractivity (Wildman–Crippen MR) is 197 cm³/mol. The van der Waals surface area contributed by atoms with E-state index in [1.807, 2.05) is 91.1 Å². The van der Waals surface area contributed by atoms with E-state index in [-0.39, 0.29) is 26.8 Å². The van der Waals surface area contributed by atoms with Crippen LogP contribution in [0.1, 0.15) is 0 Å². The van der Waals surface area contributed by atoms with Gasteiger partial charge in [-0.3, -0.25) is 0 Å². The van der Waals surface area contributed by atoms with Gasteiger partial charge in [0.15, 0.2) is 0 Å². The first-order valence-corrected chi connectivity index (χ1v) is 16.1. The van der Waals surface area contributed by atoms with Gasteiger partial charge in [0.25, 0.3) is 0 Å². The Morgan fingerprint density at radius 2 is 1.24 bits per heavy atom. The Morgan fingerprint density at radius 1 is 0.560 bits per heavy atom.